The second-order valence-corrected chi connectivity index (χ2v) is 14.5. The molecular weight excluding hydrogens is 744 g/mol. The van der Waals surface area contributed by atoms with Crippen molar-refractivity contribution >= 4 is 47.7 Å². The van der Waals surface area contributed by atoms with Gasteiger partial charge in [0.05, 0.1) is 13.0 Å². The number of amides is 7. The molecule has 0 radical (unpaired) electrons. The maximum Gasteiger partial charge on any atom is 0.328 e. The van der Waals surface area contributed by atoms with Gasteiger partial charge in [-0.3, -0.25) is 24.0 Å². The van der Waals surface area contributed by atoms with Crippen molar-refractivity contribution in [2.75, 3.05) is 38.1 Å². The monoisotopic (exact) mass is 799 g/mol. The minimum Gasteiger partial charge on any atom is -0.464 e. The molecule has 2 aromatic rings. The number of ether oxygens (including phenoxy) is 1. The van der Waals surface area contributed by atoms with E-state index in [2.05, 4.69) is 16.0 Å². The Bertz CT molecular complexity index is 1660. The summed E-state index contributed by atoms with van der Waals surface area (Å²) >= 11 is 0. The zero-order valence-electron chi connectivity index (χ0n) is 33.1. The van der Waals surface area contributed by atoms with Crippen LogP contribution in [0.25, 0.3) is 0 Å². The number of anilines is 1. The van der Waals surface area contributed by atoms with Gasteiger partial charge in [0.2, 0.25) is 30.0 Å². The first-order valence-corrected chi connectivity index (χ1v) is 19.2. The molecule has 57 heavy (non-hydrogen) atoms. The van der Waals surface area contributed by atoms with Crippen molar-refractivity contribution in [3.63, 3.8) is 0 Å². The smallest absolute Gasteiger partial charge is 0.328 e. The SMILES string of the molecule is CC(C)NC(=O)C1CCCCN1C(=O)C1CCCN1C(=O)CCOC(=O)C1CCCN1C=O.Cc1cc(F)cc(F)c1.Cc1ccc(NC(=O)NCC(N)=O)cc1. The fourth-order valence-corrected chi connectivity index (χ4v) is 6.68. The summed E-state index contributed by atoms with van der Waals surface area (Å²) in [5.74, 6) is -2.66. The molecule has 3 fully saturated rings. The van der Waals surface area contributed by atoms with Crippen LogP contribution in [0.3, 0.4) is 0 Å². The Labute approximate surface area is 332 Å². The number of nitrogens with one attached hydrogen (secondary N) is 3. The number of piperidine rings is 1. The van der Waals surface area contributed by atoms with Crippen molar-refractivity contribution in [1.29, 1.82) is 0 Å². The van der Waals surface area contributed by atoms with Gasteiger partial charge in [0.25, 0.3) is 0 Å². The Hall–Kier alpha value is -5.61. The third kappa shape index (κ3) is 15.1. The number of primary amides is 1. The molecule has 5 N–H and O–H groups in total. The van der Waals surface area contributed by atoms with Crippen molar-refractivity contribution in [2.45, 2.75) is 103 Å². The zero-order valence-corrected chi connectivity index (χ0v) is 33.1. The summed E-state index contributed by atoms with van der Waals surface area (Å²) < 4.78 is 29.6. The Morgan fingerprint density at radius 3 is 2.05 bits per heavy atom. The number of carbonyl (C=O) groups excluding carboxylic acids is 7. The lowest BCUT2D eigenvalue weighted by molar-refractivity contribution is -0.153. The highest BCUT2D eigenvalue weighted by Crippen LogP contribution is 2.25. The first-order chi connectivity index (χ1) is 27.1. The van der Waals surface area contributed by atoms with Gasteiger partial charge >= 0.3 is 12.0 Å². The van der Waals surface area contributed by atoms with Crippen molar-refractivity contribution in [2.24, 2.45) is 5.73 Å². The van der Waals surface area contributed by atoms with Crippen molar-refractivity contribution in [3.05, 3.63) is 65.2 Å². The predicted octanol–water partition coefficient (Wildman–Crippen LogP) is 3.31. The van der Waals surface area contributed by atoms with E-state index in [-0.39, 0.29) is 43.3 Å². The van der Waals surface area contributed by atoms with Crippen LogP contribution in [0.15, 0.2) is 42.5 Å². The van der Waals surface area contributed by atoms with Crippen LogP contribution < -0.4 is 21.7 Å². The average molecular weight is 800 g/mol. The minimum absolute atomic E-state index is 0.00788. The second-order valence-electron chi connectivity index (χ2n) is 14.5. The van der Waals surface area contributed by atoms with Gasteiger partial charge in [-0.1, -0.05) is 17.7 Å². The molecule has 3 aliphatic heterocycles. The van der Waals surface area contributed by atoms with Crippen LogP contribution in [-0.2, 0) is 33.5 Å². The molecule has 0 spiro atoms. The highest BCUT2D eigenvalue weighted by Gasteiger charge is 2.41. The number of halogens is 2. The van der Waals surface area contributed by atoms with Gasteiger partial charge in [0.1, 0.15) is 36.4 Å². The standard InChI is InChI=1S/C23H36N4O6.C10H13N3O2.C7H6F2/c1-16(2)24-21(30)17-7-3-4-12-27(17)22(31)18-8-6-13-26(18)20(29)10-14-33-23(32)19-9-5-11-25(19)15-28;1-7-2-4-8(5-3-7)13-10(15)12-6-9(11)14;1-5-2-6(8)4-7(9)3-5/h15-19H,3-14H2,1-2H3,(H,24,30);2-5H,6H2,1H3,(H2,11,14)(H2,12,13,15);2-4H,1H3. The Balaban J connectivity index is 0.000000295. The van der Waals surface area contributed by atoms with Crippen molar-refractivity contribution in [3.8, 4) is 0 Å². The summed E-state index contributed by atoms with van der Waals surface area (Å²) in [5.41, 5.74) is 7.26. The summed E-state index contributed by atoms with van der Waals surface area (Å²) in [5, 5.41) is 7.79. The molecule has 5 rings (SSSR count). The average Bonchev–Trinajstić information content (AvgIpc) is 3.85. The molecule has 2 aromatic carbocycles. The molecular formula is C40H55F2N7O8. The summed E-state index contributed by atoms with van der Waals surface area (Å²) in [6.45, 7) is 8.65. The number of nitrogens with two attached hydrogens (primary N) is 1. The highest BCUT2D eigenvalue weighted by molar-refractivity contribution is 5.93. The number of aryl methyl sites for hydroxylation is 2. The van der Waals surface area contributed by atoms with E-state index in [0.717, 1.165) is 37.3 Å². The first kappa shape index (κ1) is 45.8. The summed E-state index contributed by atoms with van der Waals surface area (Å²) in [7, 11) is 0. The van der Waals surface area contributed by atoms with Gasteiger partial charge in [-0.2, -0.15) is 0 Å². The Morgan fingerprint density at radius 1 is 0.825 bits per heavy atom. The van der Waals surface area contributed by atoms with E-state index in [1.165, 1.54) is 17.0 Å². The number of nitrogens with zero attached hydrogens (tertiary/aromatic N) is 3. The predicted molar refractivity (Wildman–Crippen MR) is 207 cm³/mol. The second kappa shape index (κ2) is 22.8. The third-order valence-corrected chi connectivity index (χ3v) is 9.38. The minimum atomic E-state index is -0.582. The topological polar surface area (TPSA) is 201 Å². The number of benzene rings is 2. The molecule has 3 unspecified atom stereocenters. The molecule has 7 amide bonds. The molecule has 3 aliphatic rings. The lowest BCUT2D eigenvalue weighted by Crippen LogP contribution is -2.57. The number of hydrogen-bond donors (Lipinski definition) is 4. The molecule has 0 saturated carbocycles. The van der Waals surface area contributed by atoms with Gasteiger partial charge in [-0.05, 0) is 102 Å². The summed E-state index contributed by atoms with van der Waals surface area (Å²) in [4.78, 5) is 88.3. The summed E-state index contributed by atoms with van der Waals surface area (Å²) in [6, 6.07) is 8.61. The quantitative estimate of drug-likeness (QED) is 0.196. The van der Waals surface area contributed by atoms with Crippen LogP contribution in [0.4, 0.5) is 19.3 Å². The van der Waals surface area contributed by atoms with E-state index in [4.69, 9.17) is 10.5 Å². The molecule has 15 nitrogen and oxygen atoms in total. The molecule has 3 atom stereocenters. The third-order valence-electron chi connectivity index (χ3n) is 9.38. The van der Waals surface area contributed by atoms with Crippen LogP contribution in [0, 0.1) is 25.5 Å². The van der Waals surface area contributed by atoms with Crippen LogP contribution >= 0.6 is 0 Å². The van der Waals surface area contributed by atoms with Crippen LogP contribution in [0.1, 0.15) is 76.3 Å². The first-order valence-electron chi connectivity index (χ1n) is 19.2. The van der Waals surface area contributed by atoms with Crippen LogP contribution in [0.5, 0.6) is 0 Å². The Kier molecular flexibility index (Phi) is 18.3. The van der Waals surface area contributed by atoms with Crippen LogP contribution in [-0.4, -0.2) is 114 Å². The Morgan fingerprint density at radius 2 is 1.44 bits per heavy atom. The molecule has 0 bridgehead atoms. The number of likely N-dealkylation sites (tertiary alicyclic amines) is 3. The maximum absolute atomic E-state index is 13.4. The number of carbonyl (C=O) groups is 7. The van der Waals surface area contributed by atoms with Gasteiger partial charge in [0, 0.05) is 37.4 Å². The molecule has 3 saturated heterocycles. The maximum atomic E-state index is 13.4. The number of urea groups is 1. The fraction of sp³-hybridized carbons (Fsp3) is 0.525. The lowest BCUT2D eigenvalue weighted by Gasteiger charge is -2.38. The van der Waals surface area contributed by atoms with Gasteiger partial charge in [-0.25, -0.2) is 18.4 Å². The largest absolute Gasteiger partial charge is 0.464 e. The van der Waals surface area contributed by atoms with E-state index in [9.17, 15) is 42.3 Å². The highest BCUT2D eigenvalue weighted by atomic mass is 19.1. The van der Waals surface area contributed by atoms with Crippen LogP contribution in [0.2, 0.25) is 0 Å². The van der Waals surface area contributed by atoms with Crippen molar-refractivity contribution in [1.82, 2.24) is 25.3 Å². The van der Waals surface area contributed by atoms with E-state index in [0.29, 0.717) is 56.6 Å². The van der Waals surface area contributed by atoms with Gasteiger partial charge < -0.3 is 41.1 Å². The fourth-order valence-electron chi connectivity index (χ4n) is 6.68. The van der Waals surface area contributed by atoms with E-state index in [1.807, 2.05) is 32.9 Å². The number of esters is 1. The van der Waals surface area contributed by atoms with E-state index < -0.39 is 47.7 Å². The molecule has 0 aromatic heterocycles. The molecule has 0 aliphatic carbocycles. The molecule has 312 valence electrons. The number of rotatable bonds is 11. The lowest BCUT2D eigenvalue weighted by atomic mass is 9.99. The molecule has 3 heterocycles. The van der Waals surface area contributed by atoms with Gasteiger partial charge in [0.15, 0.2) is 0 Å². The van der Waals surface area contributed by atoms with E-state index >= 15 is 0 Å². The normalized spacial score (nSPS) is 18.6. The summed E-state index contributed by atoms with van der Waals surface area (Å²) in [6.07, 6.45) is 5.59. The molecule has 17 heteroatoms. The number of hydrogen-bond acceptors (Lipinski definition) is 8. The van der Waals surface area contributed by atoms with E-state index in [1.54, 1.807) is 28.9 Å². The van der Waals surface area contributed by atoms with Gasteiger partial charge in [-0.15, -0.1) is 0 Å². The zero-order chi connectivity index (χ0) is 42.1. The van der Waals surface area contributed by atoms with Crippen molar-refractivity contribution < 1.29 is 47.1 Å².